The van der Waals surface area contributed by atoms with E-state index in [1.165, 1.54) is 102 Å². The maximum atomic E-state index is 5.87. The highest BCUT2D eigenvalue weighted by atomic mass is 32.2. The second-order valence-electron chi connectivity index (χ2n) is 6.88. The third-order valence-electron chi connectivity index (χ3n) is 5.29. The molecule has 5 N–H and O–H groups in total. The van der Waals surface area contributed by atoms with Gasteiger partial charge in [0.1, 0.15) is 0 Å². The van der Waals surface area contributed by atoms with Crippen molar-refractivity contribution in [2.24, 2.45) is 5.14 Å². The van der Waals surface area contributed by atoms with Gasteiger partial charge in [-0.1, -0.05) is 30.9 Å². The first-order valence-electron chi connectivity index (χ1n) is 9.11. The van der Waals surface area contributed by atoms with Gasteiger partial charge in [0.25, 0.3) is 0 Å². The molecule has 2 aliphatic heterocycles. The minimum absolute atomic E-state index is 0. The van der Waals surface area contributed by atoms with Crippen molar-refractivity contribution in [3.63, 3.8) is 0 Å². The fourth-order valence-electron chi connectivity index (χ4n) is 3.97. The molecule has 0 aromatic heterocycles. The topological polar surface area (TPSA) is 67.5 Å². The van der Waals surface area contributed by atoms with Crippen molar-refractivity contribution in [2.75, 3.05) is 32.7 Å². The van der Waals surface area contributed by atoms with E-state index in [0.29, 0.717) is 5.25 Å². The standard InChI is InChI=1S/C18H31N3S.H3N/c19-22-17-9-5-7-16-8-6-12-21(18(16)15-17)14-13-20-10-3-1-2-4-11-20;/h7,15,17H,1-6,8-14,19H2;1H3. The molecule has 0 spiro atoms. The Morgan fingerprint density at radius 3 is 2.57 bits per heavy atom. The van der Waals surface area contributed by atoms with Gasteiger partial charge in [-0.15, -0.1) is 0 Å². The van der Waals surface area contributed by atoms with E-state index in [1.54, 1.807) is 5.57 Å². The molecule has 132 valence electrons. The summed E-state index contributed by atoms with van der Waals surface area (Å²) in [5.41, 5.74) is 3.08. The molecule has 1 aliphatic carbocycles. The SMILES string of the molecule is N.NSC1C=C2C(=CCC1)CCCN2CCN1CCCCCC1. The van der Waals surface area contributed by atoms with Crippen LogP contribution < -0.4 is 11.3 Å². The van der Waals surface area contributed by atoms with E-state index in [4.69, 9.17) is 5.14 Å². The number of likely N-dealkylation sites (tertiary alicyclic amines) is 2. The molecule has 3 aliphatic rings. The summed E-state index contributed by atoms with van der Waals surface area (Å²) in [6.45, 7) is 6.24. The monoisotopic (exact) mass is 338 g/mol. The Kier molecular flexibility index (Phi) is 7.96. The van der Waals surface area contributed by atoms with Gasteiger partial charge in [0, 0.05) is 30.6 Å². The summed E-state index contributed by atoms with van der Waals surface area (Å²) in [5.74, 6) is 0. The molecule has 0 aromatic rings. The fourth-order valence-corrected chi connectivity index (χ4v) is 4.45. The normalized spacial score (nSPS) is 26.3. The Bertz CT molecular complexity index is 413. The van der Waals surface area contributed by atoms with Crippen LogP contribution in [0, 0.1) is 0 Å². The Morgan fingerprint density at radius 1 is 1.04 bits per heavy atom. The molecule has 0 saturated carbocycles. The highest BCUT2D eigenvalue weighted by Crippen LogP contribution is 2.32. The Hall–Kier alpha value is -0.490. The molecule has 23 heavy (non-hydrogen) atoms. The summed E-state index contributed by atoms with van der Waals surface area (Å²) >= 11 is 1.52. The zero-order valence-electron chi connectivity index (χ0n) is 14.5. The summed E-state index contributed by atoms with van der Waals surface area (Å²) in [6, 6.07) is 0. The molecular formula is C18H34N4S. The summed E-state index contributed by atoms with van der Waals surface area (Å²) in [7, 11) is 0. The summed E-state index contributed by atoms with van der Waals surface area (Å²) in [5, 5.41) is 6.36. The van der Waals surface area contributed by atoms with Gasteiger partial charge in [-0.3, -0.25) is 5.14 Å². The summed E-state index contributed by atoms with van der Waals surface area (Å²) < 4.78 is 0. The first kappa shape index (κ1) is 18.8. The lowest BCUT2D eigenvalue weighted by molar-refractivity contribution is 0.228. The van der Waals surface area contributed by atoms with Gasteiger partial charge in [0.2, 0.25) is 0 Å². The molecule has 2 saturated heterocycles. The van der Waals surface area contributed by atoms with Crippen LogP contribution in [-0.2, 0) is 0 Å². The van der Waals surface area contributed by atoms with E-state index in [2.05, 4.69) is 22.0 Å². The number of rotatable bonds is 4. The Morgan fingerprint density at radius 2 is 1.83 bits per heavy atom. The second kappa shape index (κ2) is 9.72. The Balaban J connectivity index is 0.00000192. The number of nitrogens with zero attached hydrogens (tertiary/aromatic N) is 2. The fraction of sp³-hybridized carbons (Fsp3) is 0.778. The van der Waals surface area contributed by atoms with E-state index in [-0.39, 0.29) is 6.15 Å². The van der Waals surface area contributed by atoms with E-state index >= 15 is 0 Å². The van der Waals surface area contributed by atoms with Gasteiger partial charge in [-0.2, -0.15) is 0 Å². The molecular weight excluding hydrogens is 304 g/mol. The van der Waals surface area contributed by atoms with E-state index < -0.39 is 0 Å². The van der Waals surface area contributed by atoms with E-state index in [0.717, 1.165) is 0 Å². The number of fused-ring (bicyclic) bond motifs is 1. The number of piperidine rings is 1. The number of hydrogen-bond donors (Lipinski definition) is 2. The molecule has 2 fully saturated rings. The van der Waals surface area contributed by atoms with Crippen molar-refractivity contribution in [1.29, 1.82) is 0 Å². The quantitative estimate of drug-likeness (QED) is 0.765. The molecule has 0 radical (unpaired) electrons. The van der Waals surface area contributed by atoms with Crippen LogP contribution in [0.15, 0.2) is 23.4 Å². The highest BCUT2D eigenvalue weighted by molar-refractivity contribution is 7.97. The lowest BCUT2D eigenvalue weighted by Crippen LogP contribution is -2.38. The van der Waals surface area contributed by atoms with E-state index in [1.807, 2.05) is 0 Å². The molecule has 2 heterocycles. The van der Waals surface area contributed by atoms with Crippen LogP contribution >= 0.6 is 11.9 Å². The highest BCUT2D eigenvalue weighted by Gasteiger charge is 2.23. The molecule has 0 bridgehead atoms. The number of nitrogens with two attached hydrogens (primary N) is 1. The van der Waals surface area contributed by atoms with Crippen LogP contribution in [0.1, 0.15) is 51.4 Å². The molecule has 4 nitrogen and oxygen atoms in total. The molecule has 1 unspecified atom stereocenters. The third-order valence-corrected chi connectivity index (χ3v) is 6.01. The van der Waals surface area contributed by atoms with Crippen molar-refractivity contribution in [2.45, 2.75) is 56.6 Å². The molecule has 0 amide bonds. The minimum atomic E-state index is 0. The largest absolute Gasteiger partial charge is 0.370 e. The lowest BCUT2D eigenvalue weighted by atomic mass is 10.00. The second-order valence-corrected chi connectivity index (χ2v) is 7.76. The molecule has 5 heteroatoms. The first-order chi connectivity index (χ1) is 10.9. The van der Waals surface area contributed by atoms with E-state index in [9.17, 15) is 0 Å². The lowest BCUT2D eigenvalue weighted by Gasteiger charge is -2.35. The van der Waals surface area contributed by atoms with Gasteiger partial charge in [0.05, 0.1) is 0 Å². The van der Waals surface area contributed by atoms with Crippen LogP contribution in [-0.4, -0.2) is 47.8 Å². The predicted octanol–water partition coefficient (Wildman–Crippen LogP) is 3.70. The van der Waals surface area contributed by atoms with Crippen molar-refractivity contribution >= 4 is 11.9 Å². The smallest absolute Gasteiger partial charge is 0.0396 e. The van der Waals surface area contributed by atoms with Crippen molar-refractivity contribution in [3.8, 4) is 0 Å². The zero-order valence-corrected chi connectivity index (χ0v) is 15.3. The van der Waals surface area contributed by atoms with Gasteiger partial charge < -0.3 is 16.0 Å². The maximum Gasteiger partial charge on any atom is 0.0396 e. The average molecular weight is 339 g/mol. The maximum absolute atomic E-state index is 5.87. The van der Waals surface area contributed by atoms with Crippen LogP contribution in [0.2, 0.25) is 0 Å². The van der Waals surface area contributed by atoms with Gasteiger partial charge in [-0.25, -0.2) is 0 Å². The van der Waals surface area contributed by atoms with Gasteiger partial charge in [0.15, 0.2) is 0 Å². The van der Waals surface area contributed by atoms with Crippen LogP contribution in [0.4, 0.5) is 0 Å². The Labute approximate surface area is 146 Å². The predicted molar refractivity (Wildman–Crippen MR) is 102 cm³/mol. The molecule has 1 atom stereocenters. The number of allylic oxidation sites excluding steroid dienone is 2. The number of hydrogen-bond acceptors (Lipinski definition) is 5. The average Bonchev–Trinajstić information content (AvgIpc) is 2.93. The zero-order chi connectivity index (χ0) is 15.2. The molecule has 3 rings (SSSR count). The van der Waals surface area contributed by atoms with Gasteiger partial charge in [-0.05, 0) is 63.3 Å². The summed E-state index contributed by atoms with van der Waals surface area (Å²) in [6.07, 6.45) is 15.5. The minimum Gasteiger partial charge on any atom is -0.370 e. The van der Waals surface area contributed by atoms with Crippen molar-refractivity contribution < 1.29 is 0 Å². The van der Waals surface area contributed by atoms with Crippen LogP contribution in [0.5, 0.6) is 0 Å². The first-order valence-corrected chi connectivity index (χ1v) is 10.0. The van der Waals surface area contributed by atoms with Crippen molar-refractivity contribution in [3.05, 3.63) is 23.4 Å². The van der Waals surface area contributed by atoms with Gasteiger partial charge >= 0.3 is 0 Å². The third kappa shape index (κ3) is 5.24. The summed E-state index contributed by atoms with van der Waals surface area (Å²) in [4.78, 5) is 5.31. The van der Waals surface area contributed by atoms with Crippen LogP contribution in [0.25, 0.3) is 0 Å². The van der Waals surface area contributed by atoms with Crippen molar-refractivity contribution in [1.82, 2.24) is 16.0 Å². The molecule has 0 aromatic carbocycles. The van der Waals surface area contributed by atoms with Crippen LogP contribution in [0.3, 0.4) is 0 Å².